The van der Waals surface area contributed by atoms with E-state index >= 15 is 0 Å². The lowest BCUT2D eigenvalue weighted by atomic mass is 10.1. The molecule has 132 valence electrons. The maximum Gasteiger partial charge on any atom is 0.137 e. The molecular weight excluding hydrogens is 321 g/mol. The zero-order valence-corrected chi connectivity index (χ0v) is 14.3. The van der Waals surface area contributed by atoms with Gasteiger partial charge in [-0.2, -0.15) is 5.10 Å². The Bertz CT molecular complexity index is 801. The Hall–Kier alpha value is -2.41. The Morgan fingerprint density at radius 1 is 1.20 bits per heavy atom. The SMILES string of the molecule is CN1CCCN=C2CCn3ncc(c3N2)-c2cc(ccc2F)OCC1. The first-order chi connectivity index (χ1) is 12.2. The van der Waals surface area contributed by atoms with Crippen molar-refractivity contribution in [3.05, 3.63) is 30.2 Å². The fourth-order valence-corrected chi connectivity index (χ4v) is 3.20. The predicted octanol–water partition coefficient (Wildman–Crippen LogP) is 2.62. The van der Waals surface area contributed by atoms with Crippen molar-refractivity contribution in [1.29, 1.82) is 0 Å². The van der Waals surface area contributed by atoms with Gasteiger partial charge in [0.05, 0.1) is 12.7 Å². The van der Waals surface area contributed by atoms with Crippen LogP contribution in [0.5, 0.6) is 5.75 Å². The third-order valence-electron chi connectivity index (χ3n) is 4.63. The number of nitrogens with one attached hydrogen (secondary N) is 1. The van der Waals surface area contributed by atoms with E-state index in [1.807, 2.05) is 4.68 Å². The number of nitrogens with zero attached hydrogens (tertiary/aromatic N) is 4. The van der Waals surface area contributed by atoms with Gasteiger partial charge in [-0.1, -0.05) is 0 Å². The Morgan fingerprint density at radius 2 is 2.12 bits per heavy atom. The zero-order chi connectivity index (χ0) is 17.2. The lowest BCUT2D eigenvalue weighted by Crippen LogP contribution is -2.26. The molecule has 0 spiro atoms. The Labute approximate surface area is 146 Å². The normalized spacial score (nSPS) is 18.4. The number of likely N-dealkylation sites (N-methyl/N-ethyl adjacent to an activating group) is 1. The second-order valence-corrected chi connectivity index (χ2v) is 6.48. The molecule has 0 fully saturated rings. The van der Waals surface area contributed by atoms with E-state index in [0.29, 0.717) is 17.9 Å². The third kappa shape index (κ3) is 3.37. The Morgan fingerprint density at radius 3 is 3.04 bits per heavy atom. The van der Waals surface area contributed by atoms with Crippen LogP contribution >= 0.6 is 0 Å². The minimum Gasteiger partial charge on any atom is -0.492 e. The molecule has 0 saturated carbocycles. The fourth-order valence-electron chi connectivity index (χ4n) is 3.20. The monoisotopic (exact) mass is 343 g/mol. The molecule has 4 rings (SSSR count). The second kappa shape index (κ2) is 6.84. The Kier molecular flexibility index (Phi) is 4.40. The van der Waals surface area contributed by atoms with E-state index in [4.69, 9.17) is 4.74 Å². The summed E-state index contributed by atoms with van der Waals surface area (Å²) in [5.74, 6) is 2.13. The van der Waals surface area contributed by atoms with E-state index in [2.05, 4.69) is 27.4 Å². The van der Waals surface area contributed by atoms with Crippen LogP contribution in [0.4, 0.5) is 10.2 Å². The van der Waals surface area contributed by atoms with Gasteiger partial charge >= 0.3 is 0 Å². The predicted molar refractivity (Wildman–Crippen MR) is 95.8 cm³/mol. The van der Waals surface area contributed by atoms with Crippen LogP contribution in [0.3, 0.4) is 0 Å². The van der Waals surface area contributed by atoms with Crippen molar-refractivity contribution in [2.24, 2.45) is 4.99 Å². The van der Waals surface area contributed by atoms with Gasteiger partial charge in [0, 0.05) is 30.6 Å². The second-order valence-electron chi connectivity index (χ2n) is 6.48. The molecule has 6 nitrogen and oxygen atoms in total. The van der Waals surface area contributed by atoms with Crippen molar-refractivity contribution in [1.82, 2.24) is 14.7 Å². The molecule has 2 aliphatic heterocycles. The van der Waals surface area contributed by atoms with E-state index in [9.17, 15) is 4.39 Å². The summed E-state index contributed by atoms with van der Waals surface area (Å²) < 4.78 is 22.1. The number of fused-ring (bicyclic) bond motifs is 4. The topological polar surface area (TPSA) is 54.7 Å². The summed E-state index contributed by atoms with van der Waals surface area (Å²) in [5.41, 5.74) is 1.23. The number of rotatable bonds is 0. The lowest BCUT2D eigenvalue weighted by Gasteiger charge is -2.20. The van der Waals surface area contributed by atoms with E-state index in [1.165, 1.54) is 6.07 Å². The fraction of sp³-hybridized carbons (Fsp3) is 0.444. The summed E-state index contributed by atoms with van der Waals surface area (Å²) in [6.45, 7) is 3.89. The lowest BCUT2D eigenvalue weighted by molar-refractivity contribution is 0.236. The third-order valence-corrected chi connectivity index (χ3v) is 4.63. The maximum absolute atomic E-state index is 14.4. The van der Waals surface area contributed by atoms with Crippen molar-refractivity contribution in [2.75, 3.05) is 38.6 Å². The van der Waals surface area contributed by atoms with Gasteiger partial charge in [0.2, 0.25) is 0 Å². The molecule has 0 radical (unpaired) electrons. The molecule has 0 atom stereocenters. The highest BCUT2D eigenvalue weighted by molar-refractivity contribution is 5.99. The largest absolute Gasteiger partial charge is 0.492 e. The highest BCUT2D eigenvalue weighted by atomic mass is 19.1. The summed E-state index contributed by atoms with van der Waals surface area (Å²) in [7, 11) is 2.08. The van der Waals surface area contributed by atoms with Crippen LogP contribution in [0.15, 0.2) is 29.4 Å². The van der Waals surface area contributed by atoms with Gasteiger partial charge in [-0.05, 0) is 38.2 Å². The molecule has 0 amide bonds. The van der Waals surface area contributed by atoms with Crippen LogP contribution in [-0.2, 0) is 6.54 Å². The first-order valence-electron chi connectivity index (χ1n) is 8.68. The maximum atomic E-state index is 14.4. The van der Waals surface area contributed by atoms with Crippen molar-refractivity contribution >= 4 is 11.7 Å². The van der Waals surface area contributed by atoms with E-state index < -0.39 is 0 Å². The number of hydrogen-bond acceptors (Lipinski definition) is 5. The molecule has 25 heavy (non-hydrogen) atoms. The van der Waals surface area contributed by atoms with Crippen molar-refractivity contribution in [2.45, 2.75) is 19.4 Å². The number of ether oxygens (including phenoxy) is 1. The van der Waals surface area contributed by atoms with Crippen LogP contribution in [0.25, 0.3) is 11.1 Å². The van der Waals surface area contributed by atoms with Gasteiger partial charge in [0.25, 0.3) is 0 Å². The molecular formula is C18H22FN5O. The molecule has 0 unspecified atom stereocenters. The van der Waals surface area contributed by atoms with Crippen LogP contribution in [0.1, 0.15) is 12.8 Å². The highest BCUT2D eigenvalue weighted by Gasteiger charge is 2.21. The number of amidine groups is 1. The number of aryl methyl sites for hydroxylation is 1. The average Bonchev–Trinajstić information content (AvgIpc) is 3.02. The van der Waals surface area contributed by atoms with Gasteiger partial charge < -0.3 is 15.0 Å². The molecule has 4 bridgehead atoms. The average molecular weight is 343 g/mol. The number of anilines is 1. The molecule has 1 N–H and O–H groups in total. The van der Waals surface area contributed by atoms with Crippen LogP contribution < -0.4 is 10.1 Å². The number of aromatic nitrogens is 2. The summed E-state index contributed by atoms with van der Waals surface area (Å²) in [6.07, 6.45) is 3.52. The van der Waals surface area contributed by atoms with Gasteiger partial charge in [-0.3, -0.25) is 4.99 Å². The number of hydrogen-bond donors (Lipinski definition) is 1. The van der Waals surface area contributed by atoms with Crippen LogP contribution in [0, 0.1) is 5.82 Å². The summed E-state index contributed by atoms with van der Waals surface area (Å²) in [6, 6.07) is 4.88. The minimum absolute atomic E-state index is 0.282. The van der Waals surface area contributed by atoms with Gasteiger partial charge in [0.15, 0.2) is 0 Å². The molecule has 0 aliphatic carbocycles. The smallest absolute Gasteiger partial charge is 0.137 e. The molecule has 1 aromatic carbocycles. The van der Waals surface area contributed by atoms with Crippen LogP contribution in [0.2, 0.25) is 0 Å². The van der Waals surface area contributed by atoms with Crippen molar-refractivity contribution < 1.29 is 9.13 Å². The zero-order valence-electron chi connectivity index (χ0n) is 14.3. The molecule has 2 aliphatic rings. The molecule has 0 saturated heterocycles. The van der Waals surface area contributed by atoms with Crippen LogP contribution in [-0.4, -0.2) is 53.8 Å². The molecule has 3 heterocycles. The summed E-state index contributed by atoms with van der Waals surface area (Å²) in [4.78, 5) is 6.90. The number of benzene rings is 1. The minimum atomic E-state index is -0.282. The van der Waals surface area contributed by atoms with Crippen molar-refractivity contribution in [3.8, 4) is 16.9 Å². The Balaban J connectivity index is 1.74. The van der Waals surface area contributed by atoms with Gasteiger partial charge in [0.1, 0.15) is 29.8 Å². The highest BCUT2D eigenvalue weighted by Crippen LogP contribution is 2.34. The van der Waals surface area contributed by atoms with E-state index in [1.54, 1.807) is 18.3 Å². The van der Waals surface area contributed by atoms with Crippen molar-refractivity contribution in [3.63, 3.8) is 0 Å². The summed E-state index contributed by atoms with van der Waals surface area (Å²) in [5, 5.41) is 7.73. The first-order valence-corrected chi connectivity index (χ1v) is 8.68. The van der Waals surface area contributed by atoms with E-state index in [0.717, 1.165) is 56.2 Å². The standard InChI is InChI=1S/C18H22FN5O/c1-23-7-2-6-20-17-5-8-24-18(22-17)15(12-21-24)14-11-13(25-10-9-23)3-4-16(14)19/h3-4,11-12H,2,5-10H2,1H3,(H,20,22). The molecule has 2 aromatic rings. The number of aliphatic imine (C=N–C) groups is 1. The van der Waals surface area contributed by atoms with Gasteiger partial charge in [-0.25, -0.2) is 9.07 Å². The number of halogens is 1. The quantitative estimate of drug-likeness (QED) is 0.799. The first kappa shape index (κ1) is 16.1. The van der Waals surface area contributed by atoms with E-state index in [-0.39, 0.29) is 5.82 Å². The summed E-state index contributed by atoms with van der Waals surface area (Å²) >= 11 is 0. The molecule has 7 heteroatoms. The van der Waals surface area contributed by atoms with Gasteiger partial charge in [-0.15, -0.1) is 0 Å². The molecule has 1 aromatic heterocycles.